The highest BCUT2D eigenvalue weighted by Gasteiger charge is 1.97. The molecule has 4 N–H and O–H groups in total. The molecule has 0 fully saturated rings. The summed E-state index contributed by atoms with van der Waals surface area (Å²) in [5.41, 5.74) is 12.0. The van der Waals surface area contributed by atoms with Gasteiger partial charge in [-0.25, -0.2) is 4.98 Å². The summed E-state index contributed by atoms with van der Waals surface area (Å²) < 4.78 is 0. The molecule has 0 unspecified atom stereocenters. The number of hydrogen-bond donors (Lipinski definition) is 3. The summed E-state index contributed by atoms with van der Waals surface area (Å²) in [5.74, 6) is 0.668. The van der Waals surface area contributed by atoms with Crippen LogP contribution in [0.1, 0.15) is 13.8 Å². The Morgan fingerprint density at radius 2 is 2.00 bits per heavy atom. The number of hydrogen-bond acceptors (Lipinski definition) is 5. The number of nitrogens with zero attached hydrogens (tertiary/aromatic N) is 3. The maximum Gasteiger partial charge on any atom is 0.184 e. The van der Waals surface area contributed by atoms with Gasteiger partial charge in [-0.05, 0) is 38.2 Å². The van der Waals surface area contributed by atoms with E-state index in [1.165, 1.54) is 0 Å². The standard InChI is InChI=1S/C10H14N6S/c1-7(8(2)14-16-10(11)17)13-15-9-5-3-4-6-12-9/h3-6H,1-2H3,(H,12,15)(H3,11,16,17)/b13-7+,14-8+. The van der Waals surface area contributed by atoms with Crippen LogP contribution < -0.4 is 16.6 Å². The van der Waals surface area contributed by atoms with Gasteiger partial charge in [0, 0.05) is 6.20 Å². The van der Waals surface area contributed by atoms with Crippen molar-refractivity contribution < 1.29 is 0 Å². The van der Waals surface area contributed by atoms with Crippen LogP contribution in [0.5, 0.6) is 0 Å². The van der Waals surface area contributed by atoms with Crippen LogP contribution in [0.2, 0.25) is 0 Å². The molecule has 0 radical (unpaired) electrons. The molecule has 0 bridgehead atoms. The van der Waals surface area contributed by atoms with Crippen LogP contribution >= 0.6 is 12.2 Å². The monoisotopic (exact) mass is 250 g/mol. The van der Waals surface area contributed by atoms with Gasteiger partial charge in [0.15, 0.2) is 5.11 Å². The third-order valence-electron chi connectivity index (χ3n) is 1.86. The third kappa shape index (κ3) is 5.03. The topological polar surface area (TPSA) is 87.7 Å². The average Bonchev–Trinajstić information content (AvgIpc) is 2.34. The Hall–Kier alpha value is -2.02. The van der Waals surface area contributed by atoms with E-state index in [9.17, 15) is 0 Å². The number of hydrazone groups is 2. The van der Waals surface area contributed by atoms with E-state index in [0.29, 0.717) is 17.2 Å². The highest BCUT2D eigenvalue weighted by atomic mass is 32.1. The molecule has 6 nitrogen and oxygen atoms in total. The first-order valence-corrected chi connectivity index (χ1v) is 5.32. The van der Waals surface area contributed by atoms with Gasteiger partial charge in [-0.15, -0.1) is 0 Å². The van der Waals surface area contributed by atoms with E-state index in [1.807, 2.05) is 25.1 Å². The molecule has 0 aromatic carbocycles. The maximum absolute atomic E-state index is 5.25. The summed E-state index contributed by atoms with van der Waals surface area (Å²) in [6, 6.07) is 5.52. The van der Waals surface area contributed by atoms with Crippen LogP contribution in [0.25, 0.3) is 0 Å². The van der Waals surface area contributed by atoms with Crippen LogP contribution in [0.4, 0.5) is 5.82 Å². The van der Waals surface area contributed by atoms with Crippen molar-refractivity contribution in [3.05, 3.63) is 24.4 Å². The Balaban J connectivity index is 2.60. The number of pyridine rings is 1. The molecular formula is C10H14N6S. The number of thiocarbonyl (C=S) groups is 1. The van der Waals surface area contributed by atoms with Gasteiger partial charge < -0.3 is 5.73 Å². The summed E-state index contributed by atoms with van der Waals surface area (Å²) in [5, 5.41) is 8.19. The molecule has 1 aromatic heterocycles. The normalized spacial score (nSPS) is 12.1. The van der Waals surface area contributed by atoms with Crippen molar-refractivity contribution in [1.29, 1.82) is 0 Å². The summed E-state index contributed by atoms with van der Waals surface area (Å²) in [4.78, 5) is 4.07. The molecule has 0 saturated carbocycles. The van der Waals surface area contributed by atoms with Crippen LogP contribution in [0.3, 0.4) is 0 Å². The molecule has 1 aromatic rings. The maximum atomic E-state index is 5.25. The Morgan fingerprint density at radius 1 is 1.29 bits per heavy atom. The van der Waals surface area contributed by atoms with E-state index >= 15 is 0 Å². The van der Waals surface area contributed by atoms with Crippen molar-refractivity contribution in [2.24, 2.45) is 15.9 Å². The fourth-order valence-corrected chi connectivity index (χ4v) is 0.916. The van der Waals surface area contributed by atoms with Crippen LogP contribution in [0.15, 0.2) is 34.6 Å². The lowest BCUT2D eigenvalue weighted by Crippen LogP contribution is -2.26. The van der Waals surface area contributed by atoms with Gasteiger partial charge in [0.25, 0.3) is 0 Å². The quantitative estimate of drug-likeness (QED) is 0.423. The molecule has 0 atom stereocenters. The van der Waals surface area contributed by atoms with Crippen molar-refractivity contribution in [2.75, 3.05) is 5.43 Å². The summed E-state index contributed by atoms with van der Waals surface area (Å²) in [6.07, 6.45) is 1.68. The van der Waals surface area contributed by atoms with Crippen LogP contribution in [-0.4, -0.2) is 21.5 Å². The molecule has 1 heterocycles. The highest BCUT2D eigenvalue weighted by Crippen LogP contribution is 1.99. The largest absolute Gasteiger partial charge is 0.375 e. The van der Waals surface area contributed by atoms with Crippen LogP contribution in [0, 0.1) is 0 Å². The van der Waals surface area contributed by atoms with E-state index < -0.39 is 0 Å². The number of aromatic nitrogens is 1. The van der Waals surface area contributed by atoms with Crippen molar-refractivity contribution >= 4 is 34.6 Å². The van der Waals surface area contributed by atoms with Gasteiger partial charge in [0.1, 0.15) is 5.82 Å². The van der Waals surface area contributed by atoms with Gasteiger partial charge in [-0.1, -0.05) is 6.07 Å². The first-order valence-electron chi connectivity index (χ1n) is 4.91. The average molecular weight is 250 g/mol. The number of anilines is 1. The van der Waals surface area contributed by atoms with Crippen LogP contribution in [-0.2, 0) is 0 Å². The summed E-state index contributed by atoms with van der Waals surface area (Å²) >= 11 is 4.64. The molecular weight excluding hydrogens is 236 g/mol. The van der Waals surface area contributed by atoms with E-state index in [0.717, 1.165) is 0 Å². The minimum atomic E-state index is 0.120. The number of rotatable bonds is 4. The molecule has 0 saturated heterocycles. The van der Waals surface area contributed by atoms with E-state index in [2.05, 4.69) is 38.3 Å². The lowest BCUT2D eigenvalue weighted by Gasteiger charge is -2.02. The molecule has 90 valence electrons. The smallest absolute Gasteiger partial charge is 0.184 e. The minimum absolute atomic E-state index is 0.120. The van der Waals surface area contributed by atoms with Crippen molar-refractivity contribution in [3.8, 4) is 0 Å². The molecule has 17 heavy (non-hydrogen) atoms. The fourth-order valence-electron chi connectivity index (χ4n) is 0.871. The number of nitrogens with two attached hydrogens (primary N) is 1. The second-order valence-corrected chi connectivity index (χ2v) is 3.64. The molecule has 0 spiro atoms. The first-order chi connectivity index (χ1) is 8.09. The Kier molecular flexibility index (Phi) is 5.02. The summed E-state index contributed by atoms with van der Waals surface area (Å²) in [7, 11) is 0. The molecule has 0 aliphatic heterocycles. The van der Waals surface area contributed by atoms with Crippen molar-refractivity contribution in [2.45, 2.75) is 13.8 Å². The van der Waals surface area contributed by atoms with Gasteiger partial charge in [-0.3, -0.25) is 10.9 Å². The molecule has 0 amide bonds. The Bertz CT molecular complexity index is 439. The minimum Gasteiger partial charge on any atom is -0.375 e. The lowest BCUT2D eigenvalue weighted by molar-refractivity contribution is 1.03. The molecule has 7 heteroatoms. The zero-order valence-corrected chi connectivity index (χ0v) is 10.5. The van der Waals surface area contributed by atoms with E-state index in [4.69, 9.17) is 5.73 Å². The Labute approximate surface area is 105 Å². The SMILES string of the molecule is CC(=N\NC(N)=S)/C(C)=N/Nc1ccccn1. The van der Waals surface area contributed by atoms with E-state index in [-0.39, 0.29) is 5.11 Å². The van der Waals surface area contributed by atoms with Gasteiger partial charge >= 0.3 is 0 Å². The summed E-state index contributed by atoms with van der Waals surface area (Å²) in [6.45, 7) is 3.61. The molecule has 0 aliphatic rings. The van der Waals surface area contributed by atoms with Gasteiger partial charge in [0.05, 0.1) is 11.4 Å². The van der Waals surface area contributed by atoms with E-state index in [1.54, 1.807) is 13.1 Å². The van der Waals surface area contributed by atoms with Crippen molar-refractivity contribution in [1.82, 2.24) is 10.4 Å². The molecule has 0 aliphatic carbocycles. The molecule has 1 rings (SSSR count). The second kappa shape index (κ2) is 6.54. The van der Waals surface area contributed by atoms with Gasteiger partial charge in [0.2, 0.25) is 0 Å². The Morgan fingerprint density at radius 3 is 2.59 bits per heavy atom. The zero-order chi connectivity index (χ0) is 12.7. The lowest BCUT2D eigenvalue weighted by atomic mass is 10.3. The second-order valence-electron chi connectivity index (χ2n) is 3.20. The fraction of sp³-hybridized carbons (Fsp3) is 0.200. The third-order valence-corrected chi connectivity index (χ3v) is 1.95. The predicted octanol–water partition coefficient (Wildman–Crippen LogP) is 1.08. The van der Waals surface area contributed by atoms with Crippen molar-refractivity contribution in [3.63, 3.8) is 0 Å². The zero-order valence-electron chi connectivity index (χ0n) is 9.64. The van der Waals surface area contributed by atoms with Gasteiger partial charge in [-0.2, -0.15) is 10.2 Å². The first kappa shape index (κ1) is 13.0. The number of nitrogens with one attached hydrogen (secondary N) is 2. The highest BCUT2D eigenvalue weighted by molar-refractivity contribution is 7.80. The predicted molar refractivity (Wildman–Crippen MR) is 74.0 cm³/mol.